The van der Waals surface area contributed by atoms with Crippen molar-refractivity contribution < 1.29 is 9.47 Å². The lowest BCUT2D eigenvalue weighted by Gasteiger charge is -2.54. The largest absolute Gasteiger partial charge is 0.383 e. The van der Waals surface area contributed by atoms with Crippen molar-refractivity contribution in [3.63, 3.8) is 0 Å². The Labute approximate surface area is 139 Å². The Balaban J connectivity index is 0.00000200. The molecular formula is C14H28IN3O2. The van der Waals surface area contributed by atoms with Crippen LogP contribution in [0.4, 0.5) is 0 Å². The molecule has 0 aromatic heterocycles. The zero-order chi connectivity index (χ0) is 13.7. The lowest BCUT2D eigenvalue weighted by atomic mass is 9.60. The minimum Gasteiger partial charge on any atom is -0.383 e. The summed E-state index contributed by atoms with van der Waals surface area (Å²) in [4.78, 5) is 4.28. The van der Waals surface area contributed by atoms with Crippen LogP contribution in [0.5, 0.6) is 0 Å². The van der Waals surface area contributed by atoms with Crippen LogP contribution in [0.25, 0.3) is 0 Å². The van der Waals surface area contributed by atoms with Crippen molar-refractivity contribution in [2.24, 2.45) is 16.1 Å². The third-order valence-corrected chi connectivity index (χ3v) is 4.59. The summed E-state index contributed by atoms with van der Waals surface area (Å²) in [6.07, 6.45) is 6.57. The first-order valence-corrected chi connectivity index (χ1v) is 7.40. The maximum absolute atomic E-state index is 5.94. The molecule has 0 aliphatic heterocycles. The van der Waals surface area contributed by atoms with Crippen molar-refractivity contribution in [2.45, 2.75) is 51.2 Å². The van der Waals surface area contributed by atoms with E-state index in [2.05, 4.69) is 17.2 Å². The molecule has 2 atom stereocenters. The molecule has 1 spiro atoms. The van der Waals surface area contributed by atoms with E-state index in [-0.39, 0.29) is 24.0 Å². The van der Waals surface area contributed by atoms with Crippen LogP contribution in [0.15, 0.2) is 4.99 Å². The number of nitrogens with two attached hydrogens (primary N) is 1. The Morgan fingerprint density at radius 3 is 2.70 bits per heavy atom. The molecule has 2 aliphatic rings. The number of hydrogen-bond acceptors (Lipinski definition) is 3. The Kier molecular flexibility index (Phi) is 7.53. The molecule has 0 saturated heterocycles. The highest BCUT2D eigenvalue weighted by Crippen LogP contribution is 2.54. The predicted octanol–water partition coefficient (Wildman–Crippen LogP) is 1.89. The second kappa shape index (κ2) is 8.38. The normalized spacial score (nSPS) is 28.0. The average Bonchev–Trinajstić information content (AvgIpc) is 2.90. The van der Waals surface area contributed by atoms with Crippen LogP contribution in [0.1, 0.15) is 39.0 Å². The predicted molar refractivity (Wildman–Crippen MR) is 91.6 cm³/mol. The second-order valence-corrected chi connectivity index (χ2v) is 5.58. The van der Waals surface area contributed by atoms with Gasteiger partial charge in [-0.25, -0.2) is 0 Å². The fourth-order valence-corrected chi connectivity index (χ4v) is 3.57. The van der Waals surface area contributed by atoms with Crippen LogP contribution >= 0.6 is 24.0 Å². The highest BCUT2D eigenvalue weighted by molar-refractivity contribution is 14.0. The zero-order valence-electron chi connectivity index (χ0n) is 12.6. The highest BCUT2D eigenvalue weighted by Gasteiger charge is 2.56. The molecular weight excluding hydrogens is 369 g/mol. The summed E-state index contributed by atoms with van der Waals surface area (Å²) in [6.45, 7) is 4.10. The van der Waals surface area contributed by atoms with E-state index in [1.165, 1.54) is 25.7 Å². The molecule has 2 saturated carbocycles. The molecule has 5 nitrogen and oxygen atoms in total. The van der Waals surface area contributed by atoms with Gasteiger partial charge in [0, 0.05) is 25.2 Å². The summed E-state index contributed by atoms with van der Waals surface area (Å²) < 4.78 is 10.9. The number of aliphatic imine (C=N–C) groups is 1. The first-order chi connectivity index (χ1) is 9.23. The van der Waals surface area contributed by atoms with Crippen LogP contribution in [0.2, 0.25) is 0 Å². The van der Waals surface area contributed by atoms with Gasteiger partial charge >= 0.3 is 0 Å². The standard InChI is InChI=1S/C14H27N3O2.HI/c1-3-19-12-10-11(14(12)6-4-5-7-14)17-13(15)16-8-9-18-2;/h11-12H,3-10H2,1-2H3,(H3,15,16,17);1H. The van der Waals surface area contributed by atoms with E-state index in [0.717, 1.165) is 13.0 Å². The molecule has 20 heavy (non-hydrogen) atoms. The van der Waals surface area contributed by atoms with Gasteiger partial charge in [0.25, 0.3) is 0 Å². The summed E-state index contributed by atoms with van der Waals surface area (Å²) in [7, 11) is 1.67. The molecule has 0 amide bonds. The van der Waals surface area contributed by atoms with Crippen molar-refractivity contribution in [1.82, 2.24) is 5.32 Å². The molecule has 0 bridgehead atoms. The number of nitrogens with one attached hydrogen (secondary N) is 1. The van der Waals surface area contributed by atoms with Crippen molar-refractivity contribution >= 4 is 29.9 Å². The van der Waals surface area contributed by atoms with Crippen LogP contribution in [0.3, 0.4) is 0 Å². The van der Waals surface area contributed by atoms with Crippen molar-refractivity contribution in [1.29, 1.82) is 0 Å². The number of halogens is 1. The molecule has 2 rings (SSSR count). The minimum atomic E-state index is 0. The van der Waals surface area contributed by atoms with Gasteiger partial charge in [-0.05, 0) is 26.2 Å². The number of rotatable bonds is 6. The van der Waals surface area contributed by atoms with Gasteiger partial charge < -0.3 is 20.5 Å². The van der Waals surface area contributed by atoms with Gasteiger partial charge in [0.05, 0.1) is 19.3 Å². The van der Waals surface area contributed by atoms with Crippen LogP contribution in [0, 0.1) is 5.41 Å². The highest BCUT2D eigenvalue weighted by atomic mass is 127. The average molecular weight is 397 g/mol. The molecule has 2 unspecified atom stereocenters. The lowest BCUT2D eigenvalue weighted by molar-refractivity contribution is -0.125. The summed E-state index contributed by atoms with van der Waals surface area (Å²) in [5.74, 6) is 0.545. The quantitative estimate of drug-likeness (QED) is 0.311. The van der Waals surface area contributed by atoms with Gasteiger partial charge in [-0.1, -0.05) is 12.8 Å². The van der Waals surface area contributed by atoms with E-state index in [4.69, 9.17) is 15.2 Å². The Morgan fingerprint density at radius 2 is 2.10 bits per heavy atom. The number of nitrogens with zero attached hydrogens (tertiary/aromatic N) is 1. The van der Waals surface area contributed by atoms with Gasteiger partial charge in [-0.2, -0.15) is 0 Å². The Bertz CT molecular complexity index is 320. The van der Waals surface area contributed by atoms with Crippen molar-refractivity contribution in [3.8, 4) is 0 Å². The summed E-state index contributed by atoms with van der Waals surface area (Å²) in [5.41, 5.74) is 6.24. The smallest absolute Gasteiger partial charge is 0.188 e. The number of hydrogen-bond donors (Lipinski definition) is 2. The minimum absolute atomic E-state index is 0. The van der Waals surface area contributed by atoms with Gasteiger partial charge in [0.1, 0.15) is 0 Å². The topological polar surface area (TPSA) is 68.9 Å². The van der Waals surface area contributed by atoms with Gasteiger partial charge in [0.2, 0.25) is 0 Å². The molecule has 0 aromatic carbocycles. The molecule has 0 aromatic rings. The third kappa shape index (κ3) is 3.76. The summed E-state index contributed by atoms with van der Waals surface area (Å²) in [6, 6.07) is 0.429. The summed E-state index contributed by atoms with van der Waals surface area (Å²) in [5, 5.41) is 3.39. The molecule has 2 aliphatic carbocycles. The van der Waals surface area contributed by atoms with Gasteiger partial charge in [-0.3, -0.25) is 4.99 Å². The van der Waals surface area contributed by atoms with E-state index in [1.807, 2.05) is 0 Å². The second-order valence-electron chi connectivity index (χ2n) is 5.58. The van der Waals surface area contributed by atoms with E-state index in [1.54, 1.807) is 7.11 Å². The van der Waals surface area contributed by atoms with Crippen LogP contribution < -0.4 is 11.1 Å². The van der Waals surface area contributed by atoms with Crippen LogP contribution in [-0.4, -0.2) is 45.0 Å². The fourth-order valence-electron chi connectivity index (χ4n) is 3.57. The van der Waals surface area contributed by atoms with Crippen molar-refractivity contribution in [3.05, 3.63) is 0 Å². The first-order valence-electron chi connectivity index (χ1n) is 7.40. The Morgan fingerprint density at radius 1 is 1.40 bits per heavy atom. The SMILES string of the molecule is CCOC1CC(NC(N)=NCCOC)C12CCCC2.I. The Hall–Kier alpha value is -0.0800. The van der Waals surface area contributed by atoms with Gasteiger partial charge in [-0.15, -0.1) is 24.0 Å². The van der Waals surface area contributed by atoms with Crippen LogP contribution in [-0.2, 0) is 9.47 Å². The van der Waals surface area contributed by atoms with E-state index in [0.29, 0.717) is 36.7 Å². The number of guanidine groups is 1. The molecule has 3 N–H and O–H groups in total. The maximum atomic E-state index is 5.94. The molecule has 0 heterocycles. The maximum Gasteiger partial charge on any atom is 0.188 e. The third-order valence-electron chi connectivity index (χ3n) is 4.59. The number of methoxy groups -OCH3 is 1. The zero-order valence-corrected chi connectivity index (χ0v) is 14.9. The van der Waals surface area contributed by atoms with E-state index in [9.17, 15) is 0 Å². The summed E-state index contributed by atoms with van der Waals surface area (Å²) >= 11 is 0. The van der Waals surface area contributed by atoms with E-state index >= 15 is 0 Å². The molecule has 2 fully saturated rings. The van der Waals surface area contributed by atoms with Crippen molar-refractivity contribution in [2.75, 3.05) is 26.9 Å². The monoisotopic (exact) mass is 397 g/mol. The molecule has 0 radical (unpaired) electrons. The molecule has 6 heteroatoms. The molecule has 118 valence electrons. The lowest BCUT2D eigenvalue weighted by Crippen LogP contribution is -2.64. The first kappa shape index (κ1) is 18.0. The number of ether oxygens (including phenoxy) is 2. The fraction of sp³-hybridized carbons (Fsp3) is 0.929. The van der Waals surface area contributed by atoms with Gasteiger partial charge in [0.15, 0.2) is 5.96 Å². The van der Waals surface area contributed by atoms with E-state index < -0.39 is 0 Å².